The Kier molecular flexibility index (Phi) is 51.8. The molecule has 0 bridgehead atoms. The van der Waals surface area contributed by atoms with Crippen LogP contribution in [0.3, 0.4) is 0 Å². The van der Waals surface area contributed by atoms with E-state index in [-0.39, 0.29) is 31.1 Å². The molecule has 65 heavy (non-hydrogen) atoms. The van der Waals surface area contributed by atoms with Crippen molar-refractivity contribution in [1.82, 2.24) is 0 Å². The minimum absolute atomic E-state index is 0.0767. The van der Waals surface area contributed by atoms with Crippen LogP contribution in [0.1, 0.15) is 290 Å². The van der Waals surface area contributed by atoms with Crippen molar-refractivity contribution >= 4 is 17.9 Å². The molecule has 0 aromatic rings. The average molecular weight is 911 g/mol. The maximum atomic E-state index is 12.8. The van der Waals surface area contributed by atoms with Gasteiger partial charge in [-0.2, -0.15) is 0 Å². The third-order valence-corrected chi connectivity index (χ3v) is 12.4. The molecule has 6 heteroatoms. The van der Waals surface area contributed by atoms with E-state index in [0.29, 0.717) is 19.3 Å². The number of carbonyl (C=O) groups excluding carboxylic acids is 3. The normalized spacial score (nSPS) is 12.4. The van der Waals surface area contributed by atoms with E-state index in [0.717, 1.165) is 83.5 Å². The van der Waals surface area contributed by atoms with Gasteiger partial charge in [0.05, 0.1) is 0 Å². The molecule has 0 aromatic carbocycles. The summed E-state index contributed by atoms with van der Waals surface area (Å²) in [4.78, 5) is 38.1. The number of esters is 3. The minimum atomic E-state index is -0.779. The fourth-order valence-corrected chi connectivity index (χ4v) is 8.16. The number of hydrogen-bond acceptors (Lipinski definition) is 6. The van der Waals surface area contributed by atoms with Gasteiger partial charge in [-0.15, -0.1) is 0 Å². The highest BCUT2D eigenvalue weighted by Crippen LogP contribution is 2.16. The van der Waals surface area contributed by atoms with Gasteiger partial charge in [0.25, 0.3) is 0 Å². The third-order valence-electron chi connectivity index (χ3n) is 12.4. The first-order valence-corrected chi connectivity index (χ1v) is 28.2. The van der Waals surface area contributed by atoms with E-state index < -0.39 is 6.10 Å². The summed E-state index contributed by atoms with van der Waals surface area (Å²) in [5.74, 6) is -0.885. The highest BCUT2D eigenvalue weighted by atomic mass is 16.6. The van der Waals surface area contributed by atoms with Gasteiger partial charge in [-0.1, -0.05) is 275 Å². The number of carbonyl (C=O) groups is 3. The second kappa shape index (κ2) is 54.0. The van der Waals surface area contributed by atoms with Gasteiger partial charge in [-0.25, -0.2) is 0 Å². The molecule has 0 rings (SSSR count). The number of hydrogen-bond donors (Lipinski definition) is 0. The summed E-state index contributed by atoms with van der Waals surface area (Å²) in [6, 6.07) is 0. The quantitative estimate of drug-likeness (QED) is 0.0262. The molecule has 0 radical (unpaired) electrons. The Balaban J connectivity index is 4.39. The van der Waals surface area contributed by atoms with Crippen LogP contribution < -0.4 is 0 Å². The summed E-state index contributed by atoms with van der Waals surface area (Å²) >= 11 is 0. The fraction of sp³-hybridized carbons (Fsp3) is 0.814. The predicted octanol–water partition coefficient (Wildman–Crippen LogP) is 18.7. The number of unbranched alkanes of at least 4 members (excludes halogenated alkanes) is 35. The SMILES string of the molecule is CCCCC\C=C/C=C\C=C/C=C\CCCCCCCC(=O)OCC(COC(=O)CCCCCCCCCCCCCCC)OC(=O)CCCCCCCCCCCCCCCCCC. The minimum Gasteiger partial charge on any atom is -0.462 e. The maximum Gasteiger partial charge on any atom is 0.306 e. The van der Waals surface area contributed by atoms with Gasteiger partial charge in [-0.3, -0.25) is 14.4 Å². The first-order chi connectivity index (χ1) is 32.0. The van der Waals surface area contributed by atoms with Gasteiger partial charge < -0.3 is 14.2 Å². The average Bonchev–Trinajstić information content (AvgIpc) is 3.30. The smallest absolute Gasteiger partial charge is 0.306 e. The number of rotatable bonds is 51. The van der Waals surface area contributed by atoms with Crippen LogP contribution in [0, 0.1) is 0 Å². The highest BCUT2D eigenvalue weighted by Gasteiger charge is 2.19. The number of ether oxygens (including phenoxy) is 3. The lowest BCUT2D eigenvalue weighted by atomic mass is 10.0. The highest BCUT2D eigenvalue weighted by molar-refractivity contribution is 5.71. The molecule has 0 heterocycles. The lowest BCUT2D eigenvalue weighted by Crippen LogP contribution is -2.30. The third kappa shape index (κ3) is 52.2. The summed E-state index contributed by atoms with van der Waals surface area (Å²) < 4.78 is 16.8. The van der Waals surface area contributed by atoms with Crippen LogP contribution in [0.5, 0.6) is 0 Å². The first-order valence-electron chi connectivity index (χ1n) is 28.2. The van der Waals surface area contributed by atoms with E-state index in [1.165, 1.54) is 167 Å². The molecular weight excluding hydrogens is 805 g/mol. The van der Waals surface area contributed by atoms with E-state index >= 15 is 0 Å². The van der Waals surface area contributed by atoms with Crippen molar-refractivity contribution in [2.45, 2.75) is 297 Å². The summed E-state index contributed by atoms with van der Waals surface area (Å²) in [6.07, 6.45) is 65.2. The monoisotopic (exact) mass is 911 g/mol. The lowest BCUT2D eigenvalue weighted by molar-refractivity contribution is -0.167. The van der Waals surface area contributed by atoms with Crippen LogP contribution in [0.25, 0.3) is 0 Å². The van der Waals surface area contributed by atoms with Gasteiger partial charge in [0, 0.05) is 19.3 Å². The molecule has 1 unspecified atom stereocenters. The fourth-order valence-electron chi connectivity index (χ4n) is 8.16. The van der Waals surface area contributed by atoms with Gasteiger partial charge in [0.2, 0.25) is 0 Å². The summed E-state index contributed by atoms with van der Waals surface area (Å²) in [5.41, 5.74) is 0. The molecule has 0 amide bonds. The molecule has 0 spiro atoms. The summed E-state index contributed by atoms with van der Waals surface area (Å²) in [5, 5.41) is 0. The molecule has 6 nitrogen and oxygen atoms in total. The van der Waals surface area contributed by atoms with Crippen LogP contribution >= 0.6 is 0 Å². The predicted molar refractivity (Wildman–Crippen MR) is 279 cm³/mol. The first kappa shape index (κ1) is 62.4. The van der Waals surface area contributed by atoms with E-state index in [9.17, 15) is 14.4 Å². The molecule has 0 N–H and O–H groups in total. The molecule has 378 valence electrons. The molecule has 0 aromatic heterocycles. The Morgan fingerprint density at radius 2 is 0.554 bits per heavy atom. The summed E-state index contributed by atoms with van der Waals surface area (Å²) in [7, 11) is 0. The van der Waals surface area contributed by atoms with Crippen molar-refractivity contribution < 1.29 is 28.6 Å². The van der Waals surface area contributed by atoms with Crippen molar-refractivity contribution in [2.75, 3.05) is 13.2 Å². The van der Waals surface area contributed by atoms with E-state index in [2.05, 4.69) is 69.4 Å². The van der Waals surface area contributed by atoms with Gasteiger partial charge in [0.15, 0.2) is 6.10 Å². The molecule has 0 saturated heterocycles. The van der Waals surface area contributed by atoms with Crippen molar-refractivity contribution in [3.05, 3.63) is 48.6 Å². The topological polar surface area (TPSA) is 78.9 Å². The Morgan fingerprint density at radius 1 is 0.308 bits per heavy atom. The van der Waals surface area contributed by atoms with E-state index in [1.807, 2.05) is 0 Å². The Labute approximate surface area is 403 Å². The van der Waals surface area contributed by atoms with Crippen molar-refractivity contribution in [3.63, 3.8) is 0 Å². The van der Waals surface area contributed by atoms with Crippen molar-refractivity contribution in [2.24, 2.45) is 0 Å². The molecule has 0 fully saturated rings. The largest absolute Gasteiger partial charge is 0.462 e. The zero-order valence-electron chi connectivity index (χ0n) is 43.3. The Bertz CT molecular complexity index is 1140. The second-order valence-corrected chi connectivity index (χ2v) is 19.0. The summed E-state index contributed by atoms with van der Waals surface area (Å²) in [6.45, 7) is 6.61. The standard InChI is InChI=1S/C59H106O6/c1-4-7-10-13-16-19-22-25-27-29-30-32-34-37-40-43-46-49-52-58(61)64-55-56(54-63-57(60)51-48-45-42-39-36-33-24-21-18-15-12-9-6-3)65-59(62)53-50-47-44-41-38-35-31-28-26-23-20-17-14-11-8-5-2/h16,19,22,25,27,29-30,32,56H,4-15,17-18,20-21,23-24,26,28,31,33-55H2,1-3H3/b19-16-,25-22-,29-27-,32-30-. The van der Waals surface area contributed by atoms with Crippen LogP contribution in [0.2, 0.25) is 0 Å². The maximum absolute atomic E-state index is 12.8. The molecular formula is C59H106O6. The van der Waals surface area contributed by atoms with Gasteiger partial charge in [-0.05, 0) is 44.9 Å². The van der Waals surface area contributed by atoms with E-state index in [4.69, 9.17) is 14.2 Å². The zero-order chi connectivity index (χ0) is 47.2. The molecule has 1 atom stereocenters. The lowest BCUT2D eigenvalue weighted by Gasteiger charge is -2.18. The van der Waals surface area contributed by atoms with Crippen LogP contribution in [-0.4, -0.2) is 37.2 Å². The van der Waals surface area contributed by atoms with E-state index in [1.54, 1.807) is 0 Å². The molecule has 0 aliphatic heterocycles. The van der Waals surface area contributed by atoms with Gasteiger partial charge in [0.1, 0.15) is 13.2 Å². The second-order valence-electron chi connectivity index (χ2n) is 19.0. The Morgan fingerprint density at radius 3 is 0.892 bits per heavy atom. The Hall–Kier alpha value is -2.63. The molecule has 0 aliphatic rings. The van der Waals surface area contributed by atoms with Crippen molar-refractivity contribution in [1.29, 1.82) is 0 Å². The zero-order valence-corrected chi connectivity index (χ0v) is 43.3. The van der Waals surface area contributed by atoms with Crippen molar-refractivity contribution in [3.8, 4) is 0 Å². The van der Waals surface area contributed by atoms with Crippen LogP contribution in [0.15, 0.2) is 48.6 Å². The molecule has 0 saturated carbocycles. The van der Waals surface area contributed by atoms with Crippen LogP contribution in [-0.2, 0) is 28.6 Å². The van der Waals surface area contributed by atoms with Gasteiger partial charge >= 0.3 is 17.9 Å². The molecule has 0 aliphatic carbocycles. The number of allylic oxidation sites excluding steroid dienone is 8. The van der Waals surface area contributed by atoms with Crippen LogP contribution in [0.4, 0.5) is 0 Å².